The largest absolute Gasteiger partial charge is 0.483 e. The van der Waals surface area contributed by atoms with Gasteiger partial charge in [-0.05, 0) is 11.5 Å². The van der Waals surface area contributed by atoms with Crippen LogP contribution in [0.25, 0.3) is 10.8 Å². The number of nitrogens with zero attached hydrogens (tertiary/aromatic N) is 2. The maximum atomic E-state index is 11.8. The van der Waals surface area contributed by atoms with Crippen molar-refractivity contribution in [1.29, 1.82) is 0 Å². The van der Waals surface area contributed by atoms with E-state index in [-0.39, 0.29) is 12.5 Å². The van der Waals surface area contributed by atoms with Gasteiger partial charge < -0.3 is 4.74 Å². The second-order valence-corrected chi connectivity index (χ2v) is 4.13. The molecule has 19 heavy (non-hydrogen) atoms. The highest BCUT2D eigenvalue weighted by Gasteiger charge is 2.07. The van der Waals surface area contributed by atoms with Gasteiger partial charge in [-0.2, -0.15) is 0 Å². The molecule has 1 heterocycles. The quantitative estimate of drug-likeness (QED) is 0.720. The number of carbonyl (C=O) groups is 1. The van der Waals surface area contributed by atoms with Crippen molar-refractivity contribution in [2.24, 2.45) is 0 Å². The van der Waals surface area contributed by atoms with E-state index in [1.165, 1.54) is 10.9 Å². The molecule has 0 fully saturated rings. The normalized spacial score (nSPS) is 10.5. The third-order valence-corrected chi connectivity index (χ3v) is 2.89. The maximum Gasteiger partial charge on any atom is 0.269 e. The number of benzene rings is 2. The van der Waals surface area contributed by atoms with E-state index in [1.54, 1.807) is 12.4 Å². The van der Waals surface area contributed by atoms with Gasteiger partial charge in [-0.3, -0.25) is 9.36 Å². The highest BCUT2D eigenvalue weighted by atomic mass is 16.5. The summed E-state index contributed by atoms with van der Waals surface area (Å²) < 4.78 is 7.01. The molecule has 0 aliphatic heterocycles. The molecule has 1 aromatic heterocycles. The molecular formula is C15H12N2O2. The number of hydrogen-bond acceptors (Lipinski definition) is 3. The molecule has 0 saturated carbocycles. The predicted molar refractivity (Wildman–Crippen MR) is 72.3 cm³/mol. The van der Waals surface area contributed by atoms with Gasteiger partial charge in [-0.15, -0.1) is 0 Å². The second-order valence-electron chi connectivity index (χ2n) is 4.13. The number of aromatic nitrogens is 2. The van der Waals surface area contributed by atoms with Crippen LogP contribution < -0.4 is 4.74 Å². The first-order valence-corrected chi connectivity index (χ1v) is 5.96. The van der Waals surface area contributed by atoms with Crippen LogP contribution in [0.3, 0.4) is 0 Å². The zero-order valence-corrected chi connectivity index (χ0v) is 10.2. The number of carbonyl (C=O) groups excluding carboxylic acids is 1. The van der Waals surface area contributed by atoms with E-state index >= 15 is 0 Å². The fourth-order valence-electron chi connectivity index (χ4n) is 1.94. The Morgan fingerprint density at radius 3 is 2.84 bits per heavy atom. The van der Waals surface area contributed by atoms with Gasteiger partial charge in [0.2, 0.25) is 0 Å². The van der Waals surface area contributed by atoms with Crippen molar-refractivity contribution in [2.75, 3.05) is 6.61 Å². The minimum atomic E-state index is -0.148. The van der Waals surface area contributed by atoms with Crippen LogP contribution in [-0.4, -0.2) is 22.1 Å². The van der Waals surface area contributed by atoms with Crippen molar-refractivity contribution in [1.82, 2.24) is 9.55 Å². The van der Waals surface area contributed by atoms with Crippen LogP contribution in [0.2, 0.25) is 0 Å². The number of hydrogen-bond donors (Lipinski definition) is 0. The minimum absolute atomic E-state index is 0.00956. The molecule has 0 N–H and O–H groups in total. The Morgan fingerprint density at radius 1 is 1.16 bits per heavy atom. The van der Waals surface area contributed by atoms with Gasteiger partial charge in [0.15, 0.2) is 6.61 Å². The fraction of sp³-hybridized carbons (Fsp3) is 0.0667. The highest BCUT2D eigenvalue weighted by molar-refractivity contribution is 5.88. The Hall–Kier alpha value is -2.62. The Morgan fingerprint density at radius 2 is 2.00 bits per heavy atom. The average Bonchev–Trinajstić information content (AvgIpc) is 2.99. The van der Waals surface area contributed by atoms with Crippen molar-refractivity contribution in [2.45, 2.75) is 0 Å². The fourth-order valence-corrected chi connectivity index (χ4v) is 1.94. The van der Waals surface area contributed by atoms with Crippen LogP contribution in [-0.2, 0) is 0 Å². The van der Waals surface area contributed by atoms with E-state index in [0.29, 0.717) is 5.75 Å². The summed E-state index contributed by atoms with van der Waals surface area (Å²) in [5.74, 6) is 0.567. The molecule has 2 aromatic carbocycles. The summed E-state index contributed by atoms with van der Waals surface area (Å²) in [5, 5.41) is 2.10. The predicted octanol–water partition coefficient (Wildman–Crippen LogP) is 2.76. The van der Waals surface area contributed by atoms with E-state index in [2.05, 4.69) is 4.98 Å². The van der Waals surface area contributed by atoms with E-state index in [0.717, 1.165) is 10.8 Å². The third-order valence-electron chi connectivity index (χ3n) is 2.89. The van der Waals surface area contributed by atoms with E-state index in [4.69, 9.17) is 4.74 Å². The summed E-state index contributed by atoms with van der Waals surface area (Å²) in [5.41, 5.74) is 0. The summed E-state index contributed by atoms with van der Waals surface area (Å²) in [6, 6.07) is 13.7. The molecule has 0 unspecified atom stereocenters. The molecule has 4 nitrogen and oxygen atoms in total. The van der Waals surface area contributed by atoms with Crippen LogP contribution in [0.5, 0.6) is 5.75 Å². The SMILES string of the molecule is O=C(COc1cccc2ccccc12)n1ccnc1. The molecule has 0 radical (unpaired) electrons. The topological polar surface area (TPSA) is 44.1 Å². The van der Waals surface area contributed by atoms with Crippen LogP contribution in [0.4, 0.5) is 0 Å². The van der Waals surface area contributed by atoms with Crippen LogP contribution in [0.1, 0.15) is 4.79 Å². The molecule has 3 rings (SSSR count). The molecule has 0 aliphatic rings. The van der Waals surface area contributed by atoms with Gasteiger partial charge in [0.1, 0.15) is 12.1 Å². The lowest BCUT2D eigenvalue weighted by atomic mass is 10.1. The Bertz CT molecular complexity index is 700. The monoisotopic (exact) mass is 252 g/mol. The first kappa shape index (κ1) is 11.5. The number of fused-ring (bicyclic) bond motifs is 1. The first-order chi connectivity index (χ1) is 9.34. The smallest absolute Gasteiger partial charge is 0.269 e. The minimum Gasteiger partial charge on any atom is -0.483 e. The second kappa shape index (κ2) is 4.94. The molecule has 0 saturated heterocycles. The van der Waals surface area contributed by atoms with E-state index in [1.807, 2.05) is 42.5 Å². The average molecular weight is 252 g/mol. The maximum absolute atomic E-state index is 11.8. The van der Waals surface area contributed by atoms with Gasteiger partial charge in [0.05, 0.1) is 0 Å². The molecule has 0 spiro atoms. The van der Waals surface area contributed by atoms with Gasteiger partial charge in [0, 0.05) is 17.8 Å². The molecule has 3 aromatic rings. The number of rotatable bonds is 3. The Labute approximate surface area is 110 Å². The summed E-state index contributed by atoms with van der Waals surface area (Å²) in [4.78, 5) is 15.6. The zero-order chi connectivity index (χ0) is 13.1. The van der Waals surface area contributed by atoms with Crippen LogP contribution >= 0.6 is 0 Å². The van der Waals surface area contributed by atoms with Gasteiger partial charge in [-0.25, -0.2) is 4.98 Å². The van der Waals surface area contributed by atoms with Crippen LogP contribution in [0.15, 0.2) is 61.2 Å². The molecule has 94 valence electrons. The van der Waals surface area contributed by atoms with Gasteiger partial charge in [0.25, 0.3) is 5.91 Å². The summed E-state index contributed by atoms with van der Waals surface area (Å²) in [6.45, 7) is -0.00956. The van der Waals surface area contributed by atoms with Crippen LogP contribution in [0, 0.1) is 0 Å². The molecule has 0 amide bonds. The number of ether oxygens (including phenoxy) is 1. The molecule has 0 aliphatic carbocycles. The lowest BCUT2D eigenvalue weighted by molar-refractivity contribution is 0.0838. The summed E-state index contributed by atoms with van der Waals surface area (Å²) >= 11 is 0. The Balaban J connectivity index is 1.81. The van der Waals surface area contributed by atoms with Crippen molar-refractivity contribution in [3.63, 3.8) is 0 Å². The lowest BCUT2D eigenvalue weighted by Gasteiger charge is -2.08. The van der Waals surface area contributed by atoms with Crippen molar-refractivity contribution in [3.05, 3.63) is 61.2 Å². The molecule has 4 heteroatoms. The standard InChI is InChI=1S/C15H12N2O2/c18-15(17-9-8-16-11-17)10-19-14-7-3-5-12-4-1-2-6-13(12)14/h1-9,11H,10H2. The van der Waals surface area contributed by atoms with Gasteiger partial charge >= 0.3 is 0 Å². The van der Waals surface area contributed by atoms with Crippen molar-refractivity contribution < 1.29 is 9.53 Å². The van der Waals surface area contributed by atoms with E-state index < -0.39 is 0 Å². The molecule has 0 atom stereocenters. The third kappa shape index (κ3) is 2.33. The number of imidazole rings is 1. The Kier molecular flexibility index (Phi) is 2.98. The summed E-state index contributed by atoms with van der Waals surface area (Å²) in [7, 11) is 0. The summed E-state index contributed by atoms with van der Waals surface area (Å²) in [6.07, 6.45) is 4.64. The zero-order valence-electron chi connectivity index (χ0n) is 10.2. The highest BCUT2D eigenvalue weighted by Crippen LogP contribution is 2.24. The van der Waals surface area contributed by atoms with E-state index in [9.17, 15) is 4.79 Å². The molecule has 0 bridgehead atoms. The lowest BCUT2D eigenvalue weighted by Crippen LogP contribution is -2.17. The van der Waals surface area contributed by atoms with Crippen molar-refractivity contribution >= 4 is 16.7 Å². The van der Waals surface area contributed by atoms with Crippen molar-refractivity contribution in [3.8, 4) is 5.75 Å². The van der Waals surface area contributed by atoms with Gasteiger partial charge in [-0.1, -0.05) is 36.4 Å². The molecular weight excluding hydrogens is 240 g/mol. The first-order valence-electron chi connectivity index (χ1n) is 5.96.